The molecule has 1 aromatic heterocycles. The minimum atomic E-state index is -0.605. The van der Waals surface area contributed by atoms with Crippen LogP contribution in [0.3, 0.4) is 0 Å². The van der Waals surface area contributed by atoms with Crippen molar-refractivity contribution < 1.29 is 9.90 Å². The van der Waals surface area contributed by atoms with E-state index in [1.165, 1.54) is 4.90 Å². The highest BCUT2D eigenvalue weighted by atomic mass is 16.3. The van der Waals surface area contributed by atoms with E-state index in [-0.39, 0.29) is 5.75 Å². The lowest BCUT2D eigenvalue weighted by molar-refractivity contribution is 0.253. The summed E-state index contributed by atoms with van der Waals surface area (Å²) >= 11 is 0. The lowest BCUT2D eigenvalue weighted by Gasteiger charge is -2.22. The van der Waals surface area contributed by atoms with Crippen LogP contribution in [-0.4, -0.2) is 22.7 Å². The summed E-state index contributed by atoms with van der Waals surface area (Å²) in [6.45, 7) is 0.380. The average Bonchev–Trinajstić information content (AvgIpc) is 2.58. The van der Waals surface area contributed by atoms with E-state index >= 15 is 0 Å². The Bertz CT molecular complexity index is 834. The average molecular weight is 307 g/mol. The number of primary amides is 1. The van der Waals surface area contributed by atoms with Crippen LogP contribution in [0.5, 0.6) is 5.75 Å². The Hall–Kier alpha value is -3.08. The zero-order valence-corrected chi connectivity index (χ0v) is 12.5. The minimum absolute atomic E-state index is 0.0324. The predicted octanol–water partition coefficient (Wildman–Crippen LogP) is 3.07. The van der Waals surface area contributed by atoms with Gasteiger partial charge in [-0.15, -0.1) is 0 Å². The third-order valence-electron chi connectivity index (χ3n) is 3.75. The largest absolute Gasteiger partial charge is 0.504 e. The van der Waals surface area contributed by atoms with Crippen molar-refractivity contribution in [3.05, 3.63) is 66.4 Å². The lowest BCUT2D eigenvalue weighted by Crippen LogP contribution is -2.37. The van der Waals surface area contributed by atoms with E-state index in [1.807, 2.05) is 42.5 Å². The third-order valence-corrected chi connectivity index (χ3v) is 3.75. The second kappa shape index (κ2) is 6.36. The first-order valence-corrected chi connectivity index (χ1v) is 7.34. The number of aromatic nitrogens is 1. The van der Waals surface area contributed by atoms with Gasteiger partial charge in [0.25, 0.3) is 0 Å². The topological polar surface area (TPSA) is 79.5 Å². The molecular formula is C18H17N3O2. The summed E-state index contributed by atoms with van der Waals surface area (Å²) in [5.41, 5.74) is 7.43. The fourth-order valence-corrected chi connectivity index (χ4v) is 2.57. The number of aromatic hydroxyl groups is 1. The molecule has 5 nitrogen and oxygen atoms in total. The van der Waals surface area contributed by atoms with Crippen molar-refractivity contribution in [2.24, 2.45) is 5.73 Å². The van der Waals surface area contributed by atoms with Crippen molar-refractivity contribution in [1.29, 1.82) is 0 Å². The molecule has 3 aromatic rings. The summed E-state index contributed by atoms with van der Waals surface area (Å²) in [7, 11) is 0. The number of anilines is 1. The van der Waals surface area contributed by atoms with E-state index in [4.69, 9.17) is 5.73 Å². The van der Waals surface area contributed by atoms with Gasteiger partial charge in [-0.3, -0.25) is 9.88 Å². The Morgan fingerprint density at radius 3 is 2.61 bits per heavy atom. The molecule has 0 aliphatic rings. The monoisotopic (exact) mass is 307 g/mol. The van der Waals surface area contributed by atoms with Gasteiger partial charge in [0.1, 0.15) is 5.52 Å². The fourth-order valence-electron chi connectivity index (χ4n) is 2.57. The van der Waals surface area contributed by atoms with Crippen LogP contribution in [0.1, 0.15) is 5.56 Å². The van der Waals surface area contributed by atoms with Gasteiger partial charge in [-0.05, 0) is 24.1 Å². The maximum Gasteiger partial charge on any atom is 0.319 e. The number of hydrogen-bond acceptors (Lipinski definition) is 3. The summed E-state index contributed by atoms with van der Waals surface area (Å²) < 4.78 is 0. The van der Waals surface area contributed by atoms with Gasteiger partial charge in [0, 0.05) is 18.1 Å². The van der Waals surface area contributed by atoms with Crippen LogP contribution in [0.4, 0.5) is 10.5 Å². The Morgan fingerprint density at radius 2 is 1.87 bits per heavy atom. The molecule has 23 heavy (non-hydrogen) atoms. The molecule has 2 amide bonds. The SMILES string of the molecule is NC(=O)N(CCc1ccccc1)c1ccc2cccnc2c1O. The molecule has 3 N–H and O–H groups in total. The highest BCUT2D eigenvalue weighted by Crippen LogP contribution is 2.33. The number of amides is 2. The molecule has 116 valence electrons. The molecular weight excluding hydrogens is 290 g/mol. The van der Waals surface area contributed by atoms with Crippen LogP contribution in [0.25, 0.3) is 10.9 Å². The normalized spacial score (nSPS) is 10.6. The van der Waals surface area contributed by atoms with Gasteiger partial charge in [-0.25, -0.2) is 4.79 Å². The summed E-state index contributed by atoms with van der Waals surface area (Å²) in [5, 5.41) is 11.3. The molecule has 0 radical (unpaired) electrons. The molecule has 0 spiro atoms. The summed E-state index contributed by atoms with van der Waals surface area (Å²) in [5.74, 6) is -0.0324. The smallest absolute Gasteiger partial charge is 0.319 e. The molecule has 0 bridgehead atoms. The summed E-state index contributed by atoms with van der Waals surface area (Å²) in [6, 6.07) is 16.4. The number of phenolic OH excluding ortho intramolecular Hbond substituents is 1. The molecule has 1 heterocycles. The second-order valence-corrected chi connectivity index (χ2v) is 5.23. The van der Waals surface area contributed by atoms with Crippen LogP contribution in [0.15, 0.2) is 60.8 Å². The van der Waals surface area contributed by atoms with Crippen molar-refractivity contribution in [3.63, 3.8) is 0 Å². The number of carbonyl (C=O) groups is 1. The van der Waals surface area contributed by atoms with Gasteiger partial charge in [-0.2, -0.15) is 0 Å². The molecule has 0 aliphatic carbocycles. The van der Waals surface area contributed by atoms with Crippen LogP contribution >= 0.6 is 0 Å². The summed E-state index contributed by atoms with van der Waals surface area (Å²) in [4.78, 5) is 17.4. The number of hydrogen-bond donors (Lipinski definition) is 2. The molecule has 0 saturated carbocycles. The van der Waals surface area contributed by atoms with Crippen molar-refractivity contribution in [3.8, 4) is 5.75 Å². The minimum Gasteiger partial charge on any atom is -0.504 e. The van der Waals surface area contributed by atoms with Crippen LogP contribution in [-0.2, 0) is 6.42 Å². The van der Waals surface area contributed by atoms with Crippen LogP contribution in [0, 0.1) is 0 Å². The number of fused-ring (bicyclic) bond motifs is 1. The second-order valence-electron chi connectivity index (χ2n) is 5.23. The van der Waals surface area contributed by atoms with Gasteiger partial charge in [0.05, 0.1) is 5.69 Å². The summed E-state index contributed by atoms with van der Waals surface area (Å²) in [6.07, 6.45) is 2.24. The maximum atomic E-state index is 11.8. The Morgan fingerprint density at radius 1 is 1.09 bits per heavy atom. The maximum absolute atomic E-state index is 11.8. The first-order valence-electron chi connectivity index (χ1n) is 7.34. The Kier molecular flexibility index (Phi) is 4.10. The van der Waals surface area contributed by atoms with E-state index < -0.39 is 6.03 Å². The van der Waals surface area contributed by atoms with Crippen molar-refractivity contribution >= 4 is 22.6 Å². The van der Waals surface area contributed by atoms with Gasteiger partial charge >= 0.3 is 6.03 Å². The first-order chi connectivity index (χ1) is 11.2. The highest BCUT2D eigenvalue weighted by molar-refractivity contribution is 5.98. The van der Waals surface area contributed by atoms with E-state index in [1.54, 1.807) is 18.3 Å². The third kappa shape index (κ3) is 3.08. The standard InChI is InChI=1S/C18H17N3O2/c19-18(23)21(12-10-13-5-2-1-3-6-13)15-9-8-14-7-4-11-20-16(14)17(15)22/h1-9,11,22H,10,12H2,(H2,19,23). The fraction of sp³-hybridized carbons (Fsp3) is 0.111. The molecule has 0 saturated heterocycles. The highest BCUT2D eigenvalue weighted by Gasteiger charge is 2.18. The number of nitrogens with zero attached hydrogens (tertiary/aromatic N) is 2. The van der Waals surface area contributed by atoms with Gasteiger partial charge in [0.15, 0.2) is 5.75 Å². The number of nitrogens with two attached hydrogens (primary N) is 1. The number of carbonyl (C=O) groups excluding carboxylic acids is 1. The van der Waals surface area contributed by atoms with E-state index in [0.29, 0.717) is 24.2 Å². The number of urea groups is 1. The van der Waals surface area contributed by atoms with Crippen LogP contribution < -0.4 is 10.6 Å². The molecule has 0 aliphatic heterocycles. The Labute approximate surface area is 134 Å². The number of phenols is 1. The van der Waals surface area contributed by atoms with Crippen molar-refractivity contribution in [2.75, 3.05) is 11.4 Å². The number of rotatable bonds is 4. The molecule has 5 heteroatoms. The van der Waals surface area contributed by atoms with E-state index in [2.05, 4.69) is 4.98 Å². The zero-order valence-electron chi connectivity index (χ0n) is 12.5. The van der Waals surface area contributed by atoms with Crippen molar-refractivity contribution in [2.45, 2.75) is 6.42 Å². The van der Waals surface area contributed by atoms with Crippen molar-refractivity contribution in [1.82, 2.24) is 4.98 Å². The van der Waals surface area contributed by atoms with Gasteiger partial charge in [-0.1, -0.05) is 42.5 Å². The molecule has 0 fully saturated rings. The van der Waals surface area contributed by atoms with Gasteiger partial charge < -0.3 is 10.8 Å². The molecule has 3 rings (SSSR count). The van der Waals surface area contributed by atoms with Gasteiger partial charge in [0.2, 0.25) is 0 Å². The molecule has 0 unspecified atom stereocenters. The quantitative estimate of drug-likeness (QED) is 0.777. The molecule has 0 atom stereocenters. The Balaban J connectivity index is 1.92. The number of pyridine rings is 1. The zero-order chi connectivity index (χ0) is 16.2. The van der Waals surface area contributed by atoms with E-state index in [9.17, 15) is 9.90 Å². The predicted molar refractivity (Wildman–Crippen MR) is 90.5 cm³/mol. The first kappa shape index (κ1) is 14.8. The van der Waals surface area contributed by atoms with E-state index in [0.717, 1.165) is 10.9 Å². The number of benzene rings is 2. The van der Waals surface area contributed by atoms with Crippen LogP contribution in [0.2, 0.25) is 0 Å². The molecule has 2 aromatic carbocycles. The lowest BCUT2D eigenvalue weighted by atomic mass is 10.1.